The fourth-order valence-electron chi connectivity index (χ4n) is 2.49. The van der Waals surface area contributed by atoms with E-state index in [1.54, 1.807) is 11.8 Å². The summed E-state index contributed by atoms with van der Waals surface area (Å²) >= 11 is 5.30. The molecule has 3 rings (SSSR count). The maximum Gasteiger partial charge on any atom is 0.122 e. The third-order valence-electron chi connectivity index (χ3n) is 3.54. The Balaban J connectivity index is 1.86. The monoisotopic (exact) mass is 346 g/mol. The highest BCUT2D eigenvalue weighted by Gasteiger charge is 2.12. The summed E-state index contributed by atoms with van der Waals surface area (Å²) in [7, 11) is 0. The quantitative estimate of drug-likeness (QED) is 0.640. The standard InChI is InChI=1S/C16H15BrN2S/c17-14-9-12(16(18)19)5-7-15(14)20-13-6-4-10-2-1-3-11(10)8-13/h4-9H,1-3H2,(H3,18,19). The molecular formula is C16H15BrN2S. The van der Waals surface area contributed by atoms with Crippen molar-refractivity contribution in [2.24, 2.45) is 5.73 Å². The van der Waals surface area contributed by atoms with E-state index >= 15 is 0 Å². The van der Waals surface area contributed by atoms with Crippen molar-refractivity contribution in [3.05, 3.63) is 57.6 Å². The fraction of sp³-hybridized carbons (Fsp3) is 0.188. The molecule has 0 bridgehead atoms. The summed E-state index contributed by atoms with van der Waals surface area (Å²) in [5.41, 5.74) is 9.24. The molecule has 0 unspecified atom stereocenters. The first-order chi connectivity index (χ1) is 9.63. The molecule has 2 aromatic carbocycles. The number of halogens is 1. The molecular weight excluding hydrogens is 332 g/mol. The number of hydrogen-bond acceptors (Lipinski definition) is 2. The van der Waals surface area contributed by atoms with Gasteiger partial charge < -0.3 is 5.73 Å². The van der Waals surface area contributed by atoms with Gasteiger partial charge in [-0.3, -0.25) is 5.41 Å². The number of aryl methyl sites for hydroxylation is 2. The molecule has 0 saturated carbocycles. The molecule has 0 spiro atoms. The lowest BCUT2D eigenvalue weighted by molar-refractivity contribution is 0.911. The van der Waals surface area contributed by atoms with Gasteiger partial charge in [0.25, 0.3) is 0 Å². The Labute approximate surface area is 131 Å². The van der Waals surface area contributed by atoms with Gasteiger partial charge in [0.05, 0.1) is 0 Å². The van der Waals surface area contributed by atoms with Crippen LogP contribution >= 0.6 is 27.7 Å². The van der Waals surface area contributed by atoms with E-state index in [9.17, 15) is 0 Å². The van der Waals surface area contributed by atoms with Gasteiger partial charge >= 0.3 is 0 Å². The predicted molar refractivity (Wildman–Crippen MR) is 87.7 cm³/mol. The minimum Gasteiger partial charge on any atom is -0.384 e. The van der Waals surface area contributed by atoms with Crippen molar-refractivity contribution >= 4 is 33.5 Å². The summed E-state index contributed by atoms with van der Waals surface area (Å²) < 4.78 is 0.982. The van der Waals surface area contributed by atoms with Gasteiger partial charge in [-0.25, -0.2) is 0 Å². The molecule has 0 radical (unpaired) electrons. The molecule has 0 heterocycles. The first-order valence-electron chi connectivity index (χ1n) is 6.57. The number of amidine groups is 1. The van der Waals surface area contributed by atoms with Gasteiger partial charge in [0.2, 0.25) is 0 Å². The Kier molecular flexibility index (Phi) is 3.85. The van der Waals surface area contributed by atoms with Crippen molar-refractivity contribution in [1.29, 1.82) is 5.41 Å². The highest BCUT2D eigenvalue weighted by atomic mass is 79.9. The highest BCUT2D eigenvalue weighted by Crippen LogP contribution is 2.36. The van der Waals surface area contributed by atoms with Gasteiger partial charge in [0.1, 0.15) is 5.84 Å². The zero-order valence-electron chi connectivity index (χ0n) is 10.9. The van der Waals surface area contributed by atoms with E-state index < -0.39 is 0 Å². The topological polar surface area (TPSA) is 49.9 Å². The van der Waals surface area contributed by atoms with Crippen LogP contribution in [0.1, 0.15) is 23.1 Å². The largest absolute Gasteiger partial charge is 0.384 e. The number of nitrogens with two attached hydrogens (primary N) is 1. The summed E-state index contributed by atoms with van der Waals surface area (Å²) in [4.78, 5) is 2.41. The lowest BCUT2D eigenvalue weighted by Gasteiger charge is -2.08. The first-order valence-corrected chi connectivity index (χ1v) is 8.18. The van der Waals surface area contributed by atoms with E-state index in [4.69, 9.17) is 11.1 Å². The first kappa shape index (κ1) is 13.7. The van der Waals surface area contributed by atoms with Crippen molar-refractivity contribution in [2.45, 2.75) is 29.1 Å². The molecule has 2 nitrogen and oxygen atoms in total. The molecule has 102 valence electrons. The van der Waals surface area contributed by atoms with Crippen LogP contribution in [-0.4, -0.2) is 5.84 Å². The molecule has 0 amide bonds. The molecule has 0 atom stereocenters. The van der Waals surface area contributed by atoms with Gasteiger partial charge in [-0.2, -0.15) is 0 Å². The molecule has 3 N–H and O–H groups in total. The van der Waals surface area contributed by atoms with Crippen molar-refractivity contribution in [1.82, 2.24) is 0 Å². The van der Waals surface area contributed by atoms with Crippen LogP contribution in [0.15, 0.2) is 50.7 Å². The third kappa shape index (κ3) is 2.76. The van der Waals surface area contributed by atoms with Gasteiger partial charge in [-0.05, 0) is 70.6 Å². The zero-order valence-corrected chi connectivity index (χ0v) is 13.4. The van der Waals surface area contributed by atoms with Crippen molar-refractivity contribution < 1.29 is 0 Å². The maximum atomic E-state index is 7.46. The number of hydrogen-bond donors (Lipinski definition) is 2. The Hall–Kier alpha value is -1.26. The van der Waals surface area contributed by atoms with E-state index in [-0.39, 0.29) is 5.84 Å². The van der Waals surface area contributed by atoms with Gasteiger partial charge in [-0.15, -0.1) is 0 Å². The Morgan fingerprint density at radius 3 is 2.65 bits per heavy atom. The average Bonchev–Trinajstić information content (AvgIpc) is 2.88. The van der Waals surface area contributed by atoms with Crippen LogP contribution in [0.4, 0.5) is 0 Å². The molecule has 0 saturated heterocycles. The lowest BCUT2D eigenvalue weighted by Crippen LogP contribution is -2.10. The second kappa shape index (κ2) is 5.62. The summed E-state index contributed by atoms with van der Waals surface area (Å²) in [5, 5.41) is 7.46. The van der Waals surface area contributed by atoms with Crippen LogP contribution in [0.25, 0.3) is 0 Å². The summed E-state index contributed by atoms with van der Waals surface area (Å²) in [5.74, 6) is 0.0970. The van der Waals surface area contributed by atoms with E-state index in [1.807, 2.05) is 18.2 Å². The molecule has 1 aliphatic carbocycles. The van der Waals surface area contributed by atoms with Crippen molar-refractivity contribution in [2.75, 3.05) is 0 Å². The van der Waals surface area contributed by atoms with E-state index in [0.717, 1.165) is 14.9 Å². The SMILES string of the molecule is N=C(N)c1ccc(Sc2ccc3c(c2)CCC3)c(Br)c1. The van der Waals surface area contributed by atoms with Gasteiger partial charge in [0.15, 0.2) is 0 Å². The van der Waals surface area contributed by atoms with Crippen LogP contribution < -0.4 is 5.73 Å². The van der Waals surface area contributed by atoms with Gasteiger partial charge in [0, 0.05) is 19.8 Å². The van der Waals surface area contributed by atoms with Crippen LogP contribution in [0, 0.1) is 5.41 Å². The minimum absolute atomic E-state index is 0.0970. The summed E-state index contributed by atoms with van der Waals surface area (Å²) in [6.45, 7) is 0. The average molecular weight is 347 g/mol. The number of nitrogen functional groups attached to an aromatic ring is 1. The van der Waals surface area contributed by atoms with Crippen LogP contribution in [0.5, 0.6) is 0 Å². The predicted octanol–water partition coefficient (Wildman–Crippen LogP) is 4.37. The van der Waals surface area contributed by atoms with E-state index in [2.05, 4.69) is 34.1 Å². The summed E-state index contributed by atoms with van der Waals surface area (Å²) in [6, 6.07) is 12.6. The van der Waals surface area contributed by atoms with E-state index in [1.165, 1.54) is 35.3 Å². The molecule has 20 heavy (non-hydrogen) atoms. The number of fused-ring (bicyclic) bond motifs is 1. The number of nitrogens with one attached hydrogen (secondary N) is 1. The molecule has 0 fully saturated rings. The second-order valence-corrected chi connectivity index (χ2v) is 6.91. The van der Waals surface area contributed by atoms with Crippen LogP contribution in [0.2, 0.25) is 0 Å². The smallest absolute Gasteiger partial charge is 0.122 e. The lowest BCUT2D eigenvalue weighted by atomic mass is 10.1. The van der Waals surface area contributed by atoms with Crippen LogP contribution in [0.3, 0.4) is 0 Å². The van der Waals surface area contributed by atoms with Crippen molar-refractivity contribution in [3.63, 3.8) is 0 Å². The van der Waals surface area contributed by atoms with E-state index in [0.29, 0.717) is 0 Å². The number of rotatable bonds is 3. The Morgan fingerprint density at radius 1 is 1.10 bits per heavy atom. The van der Waals surface area contributed by atoms with Crippen molar-refractivity contribution in [3.8, 4) is 0 Å². The fourth-order valence-corrected chi connectivity index (χ4v) is 4.00. The third-order valence-corrected chi connectivity index (χ3v) is 5.52. The minimum atomic E-state index is 0.0970. The molecule has 1 aliphatic rings. The molecule has 4 heteroatoms. The highest BCUT2D eigenvalue weighted by molar-refractivity contribution is 9.10. The molecule has 0 aromatic heterocycles. The maximum absolute atomic E-state index is 7.46. The molecule has 0 aliphatic heterocycles. The normalized spacial score (nSPS) is 13.2. The Morgan fingerprint density at radius 2 is 1.90 bits per heavy atom. The zero-order chi connectivity index (χ0) is 14.1. The second-order valence-electron chi connectivity index (χ2n) is 4.95. The Bertz CT molecular complexity index is 682. The van der Waals surface area contributed by atoms with Crippen LogP contribution in [-0.2, 0) is 12.8 Å². The molecule has 2 aromatic rings. The summed E-state index contributed by atoms with van der Waals surface area (Å²) in [6.07, 6.45) is 3.70. The van der Waals surface area contributed by atoms with Gasteiger partial charge in [-0.1, -0.05) is 23.9 Å². The number of benzene rings is 2.